The van der Waals surface area contributed by atoms with Crippen molar-refractivity contribution >= 4 is 23.1 Å². The third-order valence-electron chi connectivity index (χ3n) is 4.12. The van der Waals surface area contributed by atoms with E-state index in [1.807, 2.05) is 6.08 Å². The first kappa shape index (κ1) is 19.8. The first-order chi connectivity index (χ1) is 12.7. The van der Waals surface area contributed by atoms with Crippen molar-refractivity contribution in [2.45, 2.75) is 52.4 Å². The Hall–Kier alpha value is -2.56. The van der Waals surface area contributed by atoms with E-state index >= 15 is 0 Å². The Kier molecular flexibility index (Phi) is 7.93. The minimum atomic E-state index is -0.771. The fourth-order valence-corrected chi connectivity index (χ4v) is 2.78. The summed E-state index contributed by atoms with van der Waals surface area (Å²) >= 11 is 0. The third-order valence-corrected chi connectivity index (χ3v) is 4.12. The van der Waals surface area contributed by atoms with Crippen LogP contribution in [0.3, 0.4) is 0 Å². The van der Waals surface area contributed by atoms with Crippen molar-refractivity contribution in [1.29, 1.82) is 0 Å². The van der Waals surface area contributed by atoms with Gasteiger partial charge in [0.2, 0.25) is 11.2 Å². The number of hydrogen-bond donors (Lipinski definition) is 0. The maximum atomic E-state index is 12.6. The van der Waals surface area contributed by atoms with Crippen LogP contribution in [0.2, 0.25) is 0 Å². The van der Waals surface area contributed by atoms with E-state index in [-0.39, 0.29) is 6.61 Å². The van der Waals surface area contributed by atoms with Crippen molar-refractivity contribution in [1.82, 2.24) is 0 Å². The Morgan fingerprint density at radius 1 is 1.15 bits per heavy atom. The van der Waals surface area contributed by atoms with Crippen molar-refractivity contribution < 1.29 is 19.0 Å². The maximum Gasteiger partial charge on any atom is 0.513 e. The van der Waals surface area contributed by atoms with Crippen molar-refractivity contribution in [3.63, 3.8) is 0 Å². The fraction of sp³-hybridized carbons (Fsp3) is 0.429. The lowest BCUT2D eigenvalue weighted by Crippen LogP contribution is -2.31. The van der Waals surface area contributed by atoms with Gasteiger partial charge in [-0.25, -0.2) is 4.79 Å². The molecule has 2 rings (SSSR count). The van der Waals surface area contributed by atoms with Gasteiger partial charge in [0.1, 0.15) is 0 Å². The number of allylic oxidation sites excluding steroid dienone is 1. The molecule has 26 heavy (non-hydrogen) atoms. The predicted octanol–water partition coefficient (Wildman–Crippen LogP) is 5.38. The highest BCUT2D eigenvalue weighted by molar-refractivity contribution is 5.85. The molecule has 0 fully saturated rings. The largest absolute Gasteiger partial charge is 0.618 e. The van der Waals surface area contributed by atoms with Gasteiger partial charge in [-0.3, -0.25) is 0 Å². The van der Waals surface area contributed by atoms with Gasteiger partial charge in [0.15, 0.2) is 5.75 Å². The Bertz CT molecular complexity index is 755. The zero-order valence-electron chi connectivity index (χ0n) is 15.6. The van der Waals surface area contributed by atoms with Gasteiger partial charge in [0.05, 0.1) is 18.1 Å². The van der Waals surface area contributed by atoms with E-state index in [9.17, 15) is 10.0 Å². The van der Waals surface area contributed by atoms with Gasteiger partial charge in [-0.2, -0.15) is 4.73 Å². The standard InChI is InChI=1S/C21H27NO4/c1-3-5-6-7-8-9-10-13-17-16-20(26-21(23)25-4-2)18-14-11-12-15-19(18)22(17)24/h10-16H,3-9H2,1-2H3/b13-10+. The van der Waals surface area contributed by atoms with E-state index in [0.29, 0.717) is 22.3 Å². The molecule has 1 aromatic heterocycles. The van der Waals surface area contributed by atoms with Crippen molar-refractivity contribution in [3.8, 4) is 5.75 Å². The smallest absolute Gasteiger partial charge is 0.513 e. The number of unbranched alkanes of at least 4 members (excludes halogenated alkanes) is 5. The monoisotopic (exact) mass is 357 g/mol. The minimum absolute atomic E-state index is 0.232. The molecule has 5 heteroatoms. The summed E-state index contributed by atoms with van der Waals surface area (Å²) in [6.07, 6.45) is 9.99. The van der Waals surface area contributed by atoms with Gasteiger partial charge in [0, 0.05) is 12.1 Å². The Morgan fingerprint density at radius 3 is 2.69 bits per heavy atom. The summed E-state index contributed by atoms with van der Waals surface area (Å²) in [5.41, 5.74) is 0.897. The van der Waals surface area contributed by atoms with Crippen LogP contribution >= 0.6 is 0 Å². The van der Waals surface area contributed by atoms with E-state index in [1.54, 1.807) is 43.3 Å². The van der Waals surface area contributed by atoms with Crippen molar-refractivity contribution in [2.75, 3.05) is 6.61 Å². The van der Waals surface area contributed by atoms with Gasteiger partial charge in [-0.05, 0) is 25.8 Å². The Labute approximate surface area is 154 Å². The molecule has 0 aliphatic rings. The summed E-state index contributed by atoms with van der Waals surface area (Å²) in [5, 5.41) is 13.2. The van der Waals surface area contributed by atoms with Crippen LogP contribution in [-0.4, -0.2) is 12.8 Å². The van der Waals surface area contributed by atoms with Gasteiger partial charge in [-0.1, -0.05) is 50.8 Å². The lowest BCUT2D eigenvalue weighted by molar-refractivity contribution is -0.579. The molecule has 140 valence electrons. The van der Waals surface area contributed by atoms with Crippen molar-refractivity contribution in [2.24, 2.45) is 0 Å². The molecule has 0 saturated carbocycles. The molecule has 0 saturated heterocycles. The van der Waals surface area contributed by atoms with Crippen LogP contribution in [-0.2, 0) is 4.74 Å². The Morgan fingerprint density at radius 2 is 1.92 bits per heavy atom. The van der Waals surface area contributed by atoms with Crippen LogP contribution in [0.25, 0.3) is 17.0 Å². The third kappa shape index (κ3) is 5.48. The van der Waals surface area contributed by atoms with Gasteiger partial charge in [-0.15, -0.1) is 0 Å². The highest BCUT2D eigenvalue weighted by Crippen LogP contribution is 2.25. The molecule has 0 aliphatic heterocycles. The topological polar surface area (TPSA) is 62.5 Å². The molecule has 0 aliphatic carbocycles. The number of ether oxygens (including phenoxy) is 2. The molecule has 2 aromatic rings. The van der Waals surface area contributed by atoms with Crippen molar-refractivity contribution in [3.05, 3.63) is 47.3 Å². The summed E-state index contributed by atoms with van der Waals surface area (Å²) in [6.45, 7) is 4.14. The summed E-state index contributed by atoms with van der Waals surface area (Å²) < 4.78 is 11.0. The number of benzene rings is 1. The number of pyridine rings is 1. The summed E-state index contributed by atoms with van der Waals surface area (Å²) in [5.74, 6) is 0.328. The summed E-state index contributed by atoms with van der Waals surface area (Å²) in [4.78, 5) is 11.7. The number of hydrogen-bond acceptors (Lipinski definition) is 4. The fourth-order valence-electron chi connectivity index (χ4n) is 2.78. The van der Waals surface area contributed by atoms with E-state index < -0.39 is 6.16 Å². The second kappa shape index (κ2) is 10.4. The molecule has 0 N–H and O–H groups in total. The average Bonchev–Trinajstić information content (AvgIpc) is 2.64. The quantitative estimate of drug-likeness (QED) is 0.261. The van der Waals surface area contributed by atoms with E-state index in [0.717, 1.165) is 17.6 Å². The first-order valence-corrected chi connectivity index (χ1v) is 9.33. The SMILES string of the molecule is CCCCCCC/C=C/c1cc(OC(=O)OCC)c2ccccc2[n+]1[O-]. The zero-order valence-corrected chi connectivity index (χ0v) is 15.6. The normalized spacial score (nSPS) is 11.2. The molecule has 0 radical (unpaired) electrons. The van der Waals surface area contributed by atoms with Crippen LogP contribution < -0.4 is 9.47 Å². The summed E-state index contributed by atoms with van der Waals surface area (Å²) in [7, 11) is 0. The van der Waals surface area contributed by atoms with Crippen LogP contribution in [0, 0.1) is 5.21 Å². The number of aromatic nitrogens is 1. The van der Waals surface area contributed by atoms with E-state index in [4.69, 9.17) is 9.47 Å². The minimum Gasteiger partial charge on any atom is -0.618 e. The zero-order chi connectivity index (χ0) is 18.8. The number of para-hydroxylation sites is 1. The molecule has 0 bridgehead atoms. The number of nitrogens with zero attached hydrogens (tertiary/aromatic N) is 1. The second-order valence-electron chi connectivity index (χ2n) is 6.14. The summed E-state index contributed by atoms with van der Waals surface area (Å²) in [6, 6.07) is 8.63. The number of carbonyl (C=O) groups excluding carboxylic acids is 1. The molecule has 5 nitrogen and oxygen atoms in total. The molecule has 1 heterocycles. The maximum absolute atomic E-state index is 12.6. The molecule has 0 unspecified atom stereocenters. The number of fused-ring (bicyclic) bond motifs is 1. The van der Waals surface area contributed by atoms with Crippen LogP contribution in [0.4, 0.5) is 4.79 Å². The molecular formula is C21H27NO4. The molecule has 0 spiro atoms. The van der Waals surface area contributed by atoms with Gasteiger partial charge in [0.25, 0.3) is 0 Å². The highest BCUT2D eigenvalue weighted by Gasteiger charge is 2.17. The molecule has 0 amide bonds. The molecule has 0 atom stereocenters. The van der Waals surface area contributed by atoms with E-state index in [2.05, 4.69) is 6.92 Å². The lowest BCUT2D eigenvalue weighted by Gasteiger charge is -2.10. The van der Waals surface area contributed by atoms with Crippen LogP contribution in [0.15, 0.2) is 36.4 Å². The molecule has 1 aromatic carbocycles. The van der Waals surface area contributed by atoms with Gasteiger partial charge < -0.3 is 14.7 Å². The lowest BCUT2D eigenvalue weighted by atomic mass is 10.1. The first-order valence-electron chi connectivity index (χ1n) is 9.33. The van der Waals surface area contributed by atoms with E-state index in [1.165, 1.54) is 25.7 Å². The average molecular weight is 357 g/mol. The molecular weight excluding hydrogens is 330 g/mol. The van der Waals surface area contributed by atoms with Crippen LogP contribution in [0.1, 0.15) is 58.1 Å². The number of rotatable bonds is 9. The highest BCUT2D eigenvalue weighted by atomic mass is 16.7. The second-order valence-corrected chi connectivity index (χ2v) is 6.14. The Balaban J connectivity index is 2.18. The van der Waals surface area contributed by atoms with Gasteiger partial charge >= 0.3 is 6.16 Å². The van der Waals surface area contributed by atoms with Crippen LogP contribution in [0.5, 0.6) is 5.75 Å². The predicted molar refractivity (Wildman–Crippen MR) is 103 cm³/mol. The number of carbonyl (C=O) groups is 1.